The molecule has 0 aromatic heterocycles. The van der Waals surface area contributed by atoms with Crippen LogP contribution in [-0.4, -0.2) is 49.6 Å². The second-order valence-corrected chi connectivity index (χ2v) is 7.77. The average molecular weight is 344 g/mol. The lowest BCUT2D eigenvalue weighted by Gasteiger charge is -2.43. The molecule has 25 heavy (non-hydrogen) atoms. The van der Waals surface area contributed by atoms with E-state index < -0.39 is 5.79 Å². The molecule has 5 nitrogen and oxygen atoms in total. The molecule has 0 bridgehead atoms. The van der Waals surface area contributed by atoms with Crippen molar-refractivity contribution in [3.63, 3.8) is 0 Å². The largest absolute Gasteiger partial charge is 0.347 e. The summed E-state index contributed by atoms with van der Waals surface area (Å²) in [5, 5.41) is 3.20. The number of ether oxygens (including phenoxy) is 2. The lowest BCUT2D eigenvalue weighted by atomic mass is 9.65. The van der Waals surface area contributed by atoms with Gasteiger partial charge in [0.25, 0.3) is 0 Å². The summed E-state index contributed by atoms with van der Waals surface area (Å²) < 4.78 is 11.5. The van der Waals surface area contributed by atoms with Crippen molar-refractivity contribution in [2.75, 3.05) is 32.8 Å². The van der Waals surface area contributed by atoms with Crippen molar-refractivity contribution >= 4 is 6.03 Å². The number of carbonyl (C=O) groups excluding carboxylic acids is 1. The van der Waals surface area contributed by atoms with Crippen molar-refractivity contribution in [1.29, 1.82) is 0 Å². The van der Waals surface area contributed by atoms with E-state index in [1.165, 1.54) is 24.8 Å². The molecule has 4 rings (SSSR count). The van der Waals surface area contributed by atoms with E-state index in [0.717, 1.165) is 25.8 Å². The molecule has 136 valence electrons. The van der Waals surface area contributed by atoms with Crippen LogP contribution in [0.15, 0.2) is 30.3 Å². The zero-order chi connectivity index (χ0) is 17.2. The number of carbonyl (C=O) groups is 1. The van der Waals surface area contributed by atoms with Gasteiger partial charge in [-0.3, -0.25) is 0 Å². The number of piperidine rings is 1. The smallest absolute Gasteiger partial charge is 0.317 e. The summed E-state index contributed by atoms with van der Waals surface area (Å²) in [6.45, 7) is 3.53. The van der Waals surface area contributed by atoms with Gasteiger partial charge in [-0.2, -0.15) is 0 Å². The van der Waals surface area contributed by atoms with Gasteiger partial charge in [0, 0.05) is 32.5 Å². The number of hydrogen-bond acceptors (Lipinski definition) is 3. The number of rotatable bonds is 4. The highest BCUT2D eigenvalue weighted by molar-refractivity contribution is 5.74. The third-order valence-electron chi connectivity index (χ3n) is 6.08. The molecule has 2 saturated heterocycles. The second kappa shape index (κ2) is 6.96. The van der Waals surface area contributed by atoms with Crippen LogP contribution in [0.2, 0.25) is 0 Å². The molecule has 2 aliphatic heterocycles. The maximum Gasteiger partial charge on any atom is 0.317 e. The molecule has 1 spiro atoms. The van der Waals surface area contributed by atoms with Crippen LogP contribution in [0.25, 0.3) is 0 Å². The topological polar surface area (TPSA) is 50.8 Å². The highest BCUT2D eigenvalue weighted by Gasteiger charge is 2.41. The zero-order valence-corrected chi connectivity index (χ0v) is 14.8. The molecule has 2 heterocycles. The molecule has 1 aromatic carbocycles. The predicted octanol–water partition coefficient (Wildman–Crippen LogP) is 2.95. The Hall–Kier alpha value is -1.59. The van der Waals surface area contributed by atoms with Crippen molar-refractivity contribution in [3.05, 3.63) is 35.9 Å². The summed E-state index contributed by atoms with van der Waals surface area (Å²) in [6, 6.07) is 10.7. The van der Waals surface area contributed by atoms with Gasteiger partial charge in [0.15, 0.2) is 5.79 Å². The Balaban J connectivity index is 1.28. The van der Waals surface area contributed by atoms with E-state index in [9.17, 15) is 4.79 Å². The van der Waals surface area contributed by atoms with Gasteiger partial charge in [-0.15, -0.1) is 0 Å². The Bertz CT molecular complexity index is 584. The molecular weight excluding hydrogens is 316 g/mol. The minimum atomic E-state index is -0.417. The number of amides is 2. The maximum atomic E-state index is 12.6. The number of nitrogens with zero attached hydrogens (tertiary/aromatic N) is 1. The van der Waals surface area contributed by atoms with Crippen molar-refractivity contribution in [2.45, 2.75) is 44.3 Å². The zero-order valence-electron chi connectivity index (χ0n) is 14.8. The van der Waals surface area contributed by atoms with Crippen LogP contribution in [0.1, 0.15) is 37.7 Å². The first-order chi connectivity index (χ1) is 12.2. The SMILES string of the molecule is O=C(NCC1(Cc2ccccc2)CCC1)N1CCC2(CC1)OCCO2. The summed E-state index contributed by atoms with van der Waals surface area (Å²) in [4.78, 5) is 14.5. The molecule has 0 atom stereocenters. The van der Waals surface area contributed by atoms with Gasteiger partial charge in [0.2, 0.25) is 0 Å². The Labute approximate surface area is 149 Å². The van der Waals surface area contributed by atoms with Crippen molar-refractivity contribution in [1.82, 2.24) is 10.2 Å². The fraction of sp³-hybridized carbons (Fsp3) is 0.650. The Morgan fingerprint density at radius 3 is 2.32 bits per heavy atom. The van der Waals surface area contributed by atoms with Crippen LogP contribution >= 0.6 is 0 Å². The van der Waals surface area contributed by atoms with Crippen molar-refractivity contribution in [3.8, 4) is 0 Å². The van der Waals surface area contributed by atoms with Crippen LogP contribution < -0.4 is 5.32 Å². The van der Waals surface area contributed by atoms with Gasteiger partial charge in [-0.05, 0) is 30.2 Å². The van der Waals surface area contributed by atoms with E-state index in [0.29, 0.717) is 26.3 Å². The first-order valence-electron chi connectivity index (χ1n) is 9.53. The van der Waals surface area contributed by atoms with E-state index >= 15 is 0 Å². The quantitative estimate of drug-likeness (QED) is 0.914. The van der Waals surface area contributed by atoms with Crippen molar-refractivity contribution < 1.29 is 14.3 Å². The highest BCUT2D eigenvalue weighted by Crippen LogP contribution is 2.43. The molecule has 5 heteroatoms. The lowest BCUT2D eigenvalue weighted by molar-refractivity contribution is -0.181. The van der Waals surface area contributed by atoms with Crippen LogP contribution in [0, 0.1) is 5.41 Å². The number of likely N-dealkylation sites (tertiary alicyclic amines) is 1. The fourth-order valence-electron chi connectivity index (χ4n) is 4.33. The first-order valence-corrected chi connectivity index (χ1v) is 9.53. The number of benzene rings is 1. The third kappa shape index (κ3) is 3.67. The highest BCUT2D eigenvalue weighted by atomic mass is 16.7. The van der Waals surface area contributed by atoms with E-state index in [1.807, 2.05) is 4.90 Å². The third-order valence-corrected chi connectivity index (χ3v) is 6.08. The van der Waals surface area contributed by atoms with Gasteiger partial charge in [-0.25, -0.2) is 4.79 Å². The molecule has 2 amide bonds. The normalized spacial score (nSPS) is 24.1. The summed E-state index contributed by atoms with van der Waals surface area (Å²) in [6.07, 6.45) is 6.27. The van der Waals surface area contributed by atoms with Crippen LogP contribution in [0.4, 0.5) is 4.79 Å². The fourth-order valence-corrected chi connectivity index (χ4v) is 4.33. The molecule has 3 aliphatic rings. The minimum absolute atomic E-state index is 0.0622. The number of hydrogen-bond donors (Lipinski definition) is 1. The van der Waals surface area contributed by atoms with E-state index in [2.05, 4.69) is 35.6 Å². The second-order valence-electron chi connectivity index (χ2n) is 7.77. The summed E-state index contributed by atoms with van der Waals surface area (Å²) >= 11 is 0. The molecule has 3 fully saturated rings. The summed E-state index contributed by atoms with van der Waals surface area (Å²) in [5.41, 5.74) is 1.61. The first kappa shape index (κ1) is 16.9. The van der Waals surface area contributed by atoms with Gasteiger partial charge >= 0.3 is 6.03 Å². The molecular formula is C20H28N2O3. The Morgan fingerprint density at radius 2 is 1.72 bits per heavy atom. The number of nitrogens with one attached hydrogen (secondary N) is 1. The molecule has 1 N–H and O–H groups in total. The summed E-state index contributed by atoms with van der Waals surface area (Å²) in [7, 11) is 0. The summed E-state index contributed by atoms with van der Waals surface area (Å²) in [5.74, 6) is -0.417. The van der Waals surface area contributed by atoms with Gasteiger partial charge in [-0.1, -0.05) is 36.8 Å². The van der Waals surface area contributed by atoms with Crippen LogP contribution in [0.3, 0.4) is 0 Å². The Morgan fingerprint density at radius 1 is 1.04 bits per heavy atom. The predicted molar refractivity (Wildman–Crippen MR) is 95.3 cm³/mol. The molecule has 1 saturated carbocycles. The van der Waals surface area contributed by atoms with Crippen molar-refractivity contribution in [2.24, 2.45) is 5.41 Å². The van der Waals surface area contributed by atoms with E-state index in [1.54, 1.807) is 0 Å². The molecule has 1 aromatic rings. The standard InChI is InChI=1S/C20H28N2O3/c23-18(22-11-9-20(10-12-22)24-13-14-25-20)21-16-19(7-4-8-19)15-17-5-2-1-3-6-17/h1-3,5-6H,4,7-16H2,(H,21,23). The minimum Gasteiger partial charge on any atom is -0.347 e. The molecule has 1 aliphatic carbocycles. The van der Waals surface area contributed by atoms with E-state index in [-0.39, 0.29) is 11.4 Å². The van der Waals surface area contributed by atoms with E-state index in [4.69, 9.17) is 9.47 Å². The molecule has 0 radical (unpaired) electrons. The average Bonchev–Trinajstić information content (AvgIpc) is 3.06. The molecule has 0 unspecified atom stereocenters. The van der Waals surface area contributed by atoms with Crippen LogP contribution in [-0.2, 0) is 15.9 Å². The van der Waals surface area contributed by atoms with Gasteiger partial charge < -0.3 is 19.7 Å². The Kier molecular flexibility index (Phi) is 4.69. The van der Waals surface area contributed by atoms with Crippen LogP contribution in [0.5, 0.6) is 0 Å². The monoisotopic (exact) mass is 344 g/mol. The number of urea groups is 1. The maximum absolute atomic E-state index is 12.6. The van der Waals surface area contributed by atoms with Gasteiger partial charge in [0.05, 0.1) is 13.2 Å². The lowest BCUT2D eigenvalue weighted by Crippen LogP contribution is -2.52. The van der Waals surface area contributed by atoms with Gasteiger partial charge in [0.1, 0.15) is 0 Å².